The average molecular weight is 402 g/mol. The molecule has 0 fully saturated rings. The molecule has 0 aliphatic heterocycles. The number of carbonyl (C=O) groups is 1. The van der Waals surface area contributed by atoms with Crippen molar-refractivity contribution in [3.63, 3.8) is 0 Å². The van der Waals surface area contributed by atoms with Crippen LogP contribution >= 0.6 is 12.2 Å². The van der Waals surface area contributed by atoms with E-state index in [1.54, 1.807) is 0 Å². The van der Waals surface area contributed by atoms with Gasteiger partial charge in [-0.1, -0.05) is 18.2 Å². The van der Waals surface area contributed by atoms with E-state index in [4.69, 9.17) is 21.7 Å². The van der Waals surface area contributed by atoms with Crippen molar-refractivity contribution in [2.75, 3.05) is 18.5 Å². The summed E-state index contributed by atoms with van der Waals surface area (Å²) in [5, 5.41) is 3.41. The fourth-order valence-corrected chi connectivity index (χ4v) is 2.75. The summed E-state index contributed by atoms with van der Waals surface area (Å²) >= 11 is 5.25. The van der Waals surface area contributed by atoms with E-state index >= 15 is 0 Å². The van der Waals surface area contributed by atoms with Crippen molar-refractivity contribution >= 4 is 28.9 Å². The number of aryl methyl sites for hydroxylation is 2. The van der Waals surface area contributed by atoms with E-state index in [1.807, 2.05) is 64.1 Å². The zero-order valence-corrected chi connectivity index (χ0v) is 17.5. The highest BCUT2D eigenvalue weighted by Crippen LogP contribution is 2.28. The average Bonchev–Trinajstić information content (AvgIpc) is 2.65. The molecule has 0 spiro atoms. The molecule has 1 amide bonds. The molecule has 2 aromatic carbocycles. The number of thiocarbonyl (C=S) groups is 1. The van der Waals surface area contributed by atoms with Crippen LogP contribution in [0.5, 0.6) is 11.5 Å². The lowest BCUT2D eigenvalue weighted by atomic mass is 10.1. The van der Waals surface area contributed by atoms with Gasteiger partial charge in [-0.3, -0.25) is 15.6 Å². The molecular formula is C21H27N3O3S. The molecule has 0 bridgehead atoms. The van der Waals surface area contributed by atoms with Crippen molar-refractivity contribution in [3.05, 3.63) is 53.1 Å². The van der Waals surface area contributed by atoms with Crippen LogP contribution in [0.1, 0.15) is 30.5 Å². The van der Waals surface area contributed by atoms with E-state index < -0.39 is 0 Å². The molecule has 0 heterocycles. The summed E-state index contributed by atoms with van der Waals surface area (Å²) in [6, 6.07) is 11.5. The molecular weight excluding hydrogens is 374 g/mol. The molecule has 0 saturated heterocycles. The summed E-state index contributed by atoms with van der Waals surface area (Å²) in [7, 11) is 0. The van der Waals surface area contributed by atoms with Crippen molar-refractivity contribution in [1.82, 2.24) is 10.9 Å². The Morgan fingerprint density at radius 3 is 2.39 bits per heavy atom. The van der Waals surface area contributed by atoms with E-state index in [0.717, 1.165) is 22.4 Å². The van der Waals surface area contributed by atoms with Gasteiger partial charge in [0.05, 0.1) is 19.6 Å². The van der Waals surface area contributed by atoms with Gasteiger partial charge in [-0.2, -0.15) is 0 Å². The second kappa shape index (κ2) is 10.5. The van der Waals surface area contributed by atoms with Crippen LogP contribution in [0.25, 0.3) is 0 Å². The normalized spacial score (nSPS) is 10.1. The number of hydrogen-bond acceptors (Lipinski definition) is 4. The highest BCUT2D eigenvalue weighted by Gasteiger charge is 2.10. The third-order valence-corrected chi connectivity index (χ3v) is 4.13. The number of rotatable bonds is 7. The first-order valence-electron chi connectivity index (χ1n) is 9.24. The molecule has 6 nitrogen and oxygen atoms in total. The van der Waals surface area contributed by atoms with Crippen molar-refractivity contribution in [2.24, 2.45) is 0 Å². The first-order valence-corrected chi connectivity index (χ1v) is 9.65. The predicted molar refractivity (Wildman–Crippen MR) is 116 cm³/mol. The quantitative estimate of drug-likeness (QED) is 0.486. The van der Waals surface area contributed by atoms with Gasteiger partial charge < -0.3 is 14.8 Å². The highest BCUT2D eigenvalue weighted by molar-refractivity contribution is 7.80. The molecule has 0 unspecified atom stereocenters. The molecule has 0 radical (unpaired) electrons. The Hall–Kier alpha value is -2.80. The smallest absolute Gasteiger partial charge is 0.242 e. The Balaban J connectivity index is 1.90. The molecule has 0 aliphatic rings. The Morgan fingerprint density at radius 1 is 0.964 bits per heavy atom. The topological polar surface area (TPSA) is 71.6 Å². The van der Waals surface area contributed by atoms with Crippen LogP contribution < -0.4 is 25.6 Å². The van der Waals surface area contributed by atoms with E-state index in [2.05, 4.69) is 16.2 Å². The SMILES string of the molecule is CCOc1ccc(CC(=O)NNC(=S)Nc2cc(C)ccc2C)cc1OCC. The largest absolute Gasteiger partial charge is 0.490 e. The lowest BCUT2D eigenvalue weighted by Gasteiger charge is -2.14. The minimum Gasteiger partial charge on any atom is -0.490 e. The molecule has 7 heteroatoms. The Bertz CT molecular complexity index is 840. The number of amides is 1. The van der Waals surface area contributed by atoms with Crippen LogP contribution in [0.2, 0.25) is 0 Å². The first kappa shape index (κ1) is 21.5. The van der Waals surface area contributed by atoms with Gasteiger partial charge in [0.1, 0.15) is 0 Å². The molecule has 0 atom stereocenters. The second-order valence-corrected chi connectivity index (χ2v) is 6.68. The molecule has 2 rings (SSSR count). The van der Waals surface area contributed by atoms with Gasteiger partial charge in [-0.15, -0.1) is 0 Å². The fourth-order valence-electron chi connectivity index (χ4n) is 2.59. The lowest BCUT2D eigenvalue weighted by Crippen LogP contribution is -2.44. The molecule has 0 aromatic heterocycles. The summed E-state index contributed by atoms with van der Waals surface area (Å²) in [4.78, 5) is 12.2. The third-order valence-electron chi connectivity index (χ3n) is 3.93. The monoisotopic (exact) mass is 401 g/mol. The maximum absolute atomic E-state index is 12.2. The predicted octanol–water partition coefficient (Wildman–Crippen LogP) is 3.66. The van der Waals surface area contributed by atoms with Crippen LogP contribution in [0.3, 0.4) is 0 Å². The fraction of sp³-hybridized carbons (Fsp3) is 0.333. The molecule has 0 saturated carbocycles. The number of carbonyl (C=O) groups excluding carboxylic acids is 1. The molecule has 150 valence electrons. The van der Waals surface area contributed by atoms with Gasteiger partial charge >= 0.3 is 0 Å². The van der Waals surface area contributed by atoms with Crippen LogP contribution in [0, 0.1) is 13.8 Å². The number of benzene rings is 2. The number of hydrazine groups is 1. The lowest BCUT2D eigenvalue weighted by molar-refractivity contribution is -0.120. The first-order chi connectivity index (χ1) is 13.4. The van der Waals surface area contributed by atoms with E-state index in [0.29, 0.717) is 29.8 Å². The van der Waals surface area contributed by atoms with Gasteiger partial charge in [0.25, 0.3) is 0 Å². The zero-order valence-electron chi connectivity index (χ0n) is 16.7. The van der Waals surface area contributed by atoms with Crippen LogP contribution in [0.15, 0.2) is 36.4 Å². The van der Waals surface area contributed by atoms with Crippen molar-refractivity contribution in [1.29, 1.82) is 0 Å². The number of hydrogen-bond donors (Lipinski definition) is 3. The van der Waals surface area contributed by atoms with Gasteiger partial charge in [0.15, 0.2) is 16.6 Å². The van der Waals surface area contributed by atoms with Crippen molar-refractivity contribution in [3.8, 4) is 11.5 Å². The molecule has 2 aromatic rings. The van der Waals surface area contributed by atoms with Gasteiger partial charge in [-0.05, 0) is 74.8 Å². The number of nitrogens with one attached hydrogen (secondary N) is 3. The maximum Gasteiger partial charge on any atom is 0.242 e. The van der Waals surface area contributed by atoms with Crippen LogP contribution in [-0.2, 0) is 11.2 Å². The summed E-state index contributed by atoms with van der Waals surface area (Å²) in [5.41, 5.74) is 9.26. The van der Waals surface area contributed by atoms with E-state index in [9.17, 15) is 4.79 Å². The third kappa shape index (κ3) is 6.42. The Morgan fingerprint density at radius 2 is 1.68 bits per heavy atom. The second-order valence-electron chi connectivity index (χ2n) is 6.27. The summed E-state index contributed by atoms with van der Waals surface area (Å²) in [5.74, 6) is 1.09. The van der Waals surface area contributed by atoms with Crippen LogP contribution in [0.4, 0.5) is 5.69 Å². The summed E-state index contributed by atoms with van der Waals surface area (Å²) in [6.45, 7) is 8.90. The van der Waals surface area contributed by atoms with Gasteiger partial charge in [-0.25, -0.2) is 0 Å². The number of ether oxygens (including phenoxy) is 2. The maximum atomic E-state index is 12.2. The minimum atomic E-state index is -0.211. The van der Waals surface area contributed by atoms with Crippen molar-refractivity contribution < 1.29 is 14.3 Å². The molecule has 3 N–H and O–H groups in total. The standard InChI is InChI=1S/C21H27N3O3S/c1-5-26-18-10-9-16(12-19(18)27-6-2)13-20(25)23-24-21(28)22-17-11-14(3)7-8-15(17)4/h7-12H,5-6,13H2,1-4H3,(H,23,25)(H2,22,24,28). The molecule has 0 aliphatic carbocycles. The summed E-state index contributed by atoms with van der Waals surface area (Å²) < 4.78 is 11.1. The Kier molecular flexibility index (Phi) is 8.07. The minimum absolute atomic E-state index is 0.186. The zero-order chi connectivity index (χ0) is 20.5. The van der Waals surface area contributed by atoms with Gasteiger partial charge in [0.2, 0.25) is 5.91 Å². The van der Waals surface area contributed by atoms with E-state index in [-0.39, 0.29) is 12.3 Å². The van der Waals surface area contributed by atoms with Crippen molar-refractivity contribution in [2.45, 2.75) is 34.1 Å². The van der Waals surface area contributed by atoms with Gasteiger partial charge in [0, 0.05) is 5.69 Å². The molecule has 28 heavy (non-hydrogen) atoms. The number of anilines is 1. The highest BCUT2D eigenvalue weighted by atomic mass is 32.1. The summed E-state index contributed by atoms with van der Waals surface area (Å²) in [6.07, 6.45) is 0.186. The van der Waals surface area contributed by atoms with E-state index in [1.165, 1.54) is 0 Å². The Labute approximate surface area is 171 Å². The van der Waals surface area contributed by atoms with Crippen LogP contribution in [-0.4, -0.2) is 24.2 Å².